The van der Waals surface area contributed by atoms with Gasteiger partial charge in [-0.05, 0) is 59.8 Å². The van der Waals surface area contributed by atoms with E-state index in [2.05, 4.69) is 102 Å². The molecule has 0 amide bonds. The number of rotatable bonds is 12. The van der Waals surface area contributed by atoms with Crippen LogP contribution in [0.5, 0.6) is 0 Å². The van der Waals surface area contributed by atoms with Gasteiger partial charge in [-0.1, -0.05) is 178 Å². The van der Waals surface area contributed by atoms with E-state index in [1.165, 1.54) is 22.3 Å². The van der Waals surface area contributed by atoms with Gasteiger partial charge < -0.3 is 10.6 Å². The molecule has 0 aliphatic heterocycles. The summed E-state index contributed by atoms with van der Waals surface area (Å²) in [6.07, 6.45) is 4.10. The van der Waals surface area contributed by atoms with Gasteiger partial charge in [0.25, 0.3) is 0 Å². The molecule has 0 saturated heterocycles. The summed E-state index contributed by atoms with van der Waals surface area (Å²) in [5, 5.41) is 9.27. The molecule has 4 nitrogen and oxygen atoms in total. The van der Waals surface area contributed by atoms with Crippen molar-refractivity contribution in [3.63, 3.8) is 0 Å². The molecule has 0 aliphatic carbocycles. The monoisotopic (exact) mass is 819 g/mol. The van der Waals surface area contributed by atoms with Crippen molar-refractivity contribution < 1.29 is 49.4 Å². The summed E-state index contributed by atoms with van der Waals surface area (Å²) in [5.41, 5.74) is 13.3. The zero-order valence-corrected chi connectivity index (χ0v) is 35.3. The third-order valence-electron chi connectivity index (χ3n) is 8.22. The van der Waals surface area contributed by atoms with E-state index < -0.39 is 0 Å². The molecule has 51 heavy (non-hydrogen) atoms. The molecule has 0 spiro atoms. The first kappa shape index (κ1) is 44.0. The molecule has 0 aromatic heterocycles. The largest absolute Gasteiger partial charge is 2.00 e. The van der Waals surface area contributed by atoms with Gasteiger partial charge in [0.05, 0.1) is 11.4 Å². The molecule has 1 radical (unpaired) electrons. The Morgan fingerprint density at radius 3 is 0.961 bits per heavy atom. The molecule has 0 aliphatic rings. The van der Waals surface area contributed by atoms with Crippen molar-refractivity contribution >= 4 is 34.2 Å². The maximum Gasteiger partial charge on any atom is 2.00 e. The van der Waals surface area contributed by atoms with Crippen LogP contribution in [-0.4, -0.2) is 11.4 Å². The summed E-state index contributed by atoms with van der Waals surface area (Å²) in [5.74, 6) is 1.79. The third kappa shape index (κ3) is 14.4. The Morgan fingerprint density at radius 2 is 0.706 bits per heavy atom. The predicted octanol–water partition coefficient (Wildman–Crippen LogP) is 15.3. The second kappa shape index (κ2) is 22.1. The van der Waals surface area contributed by atoms with E-state index in [1.807, 2.05) is 101 Å². The van der Waals surface area contributed by atoms with Crippen LogP contribution >= 0.6 is 0 Å². The Labute approximate surface area is 350 Å². The van der Waals surface area contributed by atoms with Crippen molar-refractivity contribution in [3.8, 4) is 0 Å². The van der Waals surface area contributed by atoms with Crippen LogP contribution in [0.4, 0.5) is 22.7 Å². The summed E-state index contributed by atoms with van der Waals surface area (Å²) < 4.78 is 0. The second-order valence-electron chi connectivity index (χ2n) is 14.2. The minimum atomic E-state index is 0. The van der Waals surface area contributed by atoms with Crippen molar-refractivity contribution in [2.75, 3.05) is 0 Å². The fourth-order valence-electron chi connectivity index (χ4n) is 5.78. The zero-order valence-electron chi connectivity index (χ0n) is 32.9. The van der Waals surface area contributed by atoms with Crippen LogP contribution in [0.3, 0.4) is 0 Å². The molecule has 0 heterocycles. The van der Waals surface area contributed by atoms with Gasteiger partial charge in [0.15, 0.2) is 0 Å². The Morgan fingerprint density at radius 1 is 0.431 bits per heavy atom. The SMILES string of the molecule is CC(/C=C(/C)[N-]c1ccccc1)=Nc1c(C(C)C)cccc1C(C)C.CC(/C=C(/C)[N-]c1ccccc1)=Nc1c(C(C)C)cccc1C(C)C.[Eu+2]. The van der Waals surface area contributed by atoms with Crippen molar-refractivity contribution in [2.24, 2.45) is 9.98 Å². The molecule has 0 saturated carbocycles. The van der Waals surface area contributed by atoms with E-state index in [0.29, 0.717) is 23.7 Å². The normalized spacial score (nSPS) is 12.5. The van der Waals surface area contributed by atoms with Gasteiger partial charge in [0.1, 0.15) is 0 Å². The van der Waals surface area contributed by atoms with Gasteiger partial charge in [0.2, 0.25) is 0 Å². The van der Waals surface area contributed by atoms with Crippen molar-refractivity contribution in [2.45, 2.75) is 107 Å². The first-order valence-electron chi connectivity index (χ1n) is 18.0. The van der Waals surface area contributed by atoms with Crippen LogP contribution in [0, 0.1) is 49.4 Å². The fourth-order valence-corrected chi connectivity index (χ4v) is 5.78. The summed E-state index contributed by atoms with van der Waals surface area (Å²) >= 11 is 0. The molecular formula is C46H58EuN4. The summed E-state index contributed by atoms with van der Waals surface area (Å²) in [7, 11) is 0. The van der Waals surface area contributed by atoms with Gasteiger partial charge in [-0.15, -0.1) is 11.4 Å². The molecule has 4 aromatic rings. The van der Waals surface area contributed by atoms with E-state index >= 15 is 0 Å². The molecule has 5 heteroatoms. The van der Waals surface area contributed by atoms with Gasteiger partial charge in [-0.25, -0.2) is 0 Å². The standard InChI is InChI=1S/2C23H29N2.Eu/c2*1-16(2)21-13-10-14-22(17(3)4)23(21)25-19(6)15-18(5)24-20-11-8-7-9-12-20;/h2*7-17H,1-6H3;/q2*-1;+2/b2*18-15-,25-19?;. The minimum Gasteiger partial charge on any atom is -0.661 e. The molecule has 0 N–H and O–H groups in total. The Kier molecular flexibility index (Phi) is 19.1. The molecule has 4 aromatic carbocycles. The number of para-hydroxylation sites is 4. The van der Waals surface area contributed by atoms with Gasteiger partial charge in [-0.3, -0.25) is 9.98 Å². The number of allylic oxidation sites excluding steroid dienone is 4. The third-order valence-corrected chi connectivity index (χ3v) is 8.22. The topological polar surface area (TPSA) is 52.9 Å². The molecule has 4 rings (SSSR count). The van der Waals surface area contributed by atoms with Gasteiger partial charge in [-0.2, -0.15) is 11.4 Å². The molecule has 0 fully saturated rings. The van der Waals surface area contributed by atoms with E-state index in [0.717, 1.165) is 45.6 Å². The van der Waals surface area contributed by atoms with Crippen LogP contribution in [-0.2, 0) is 0 Å². The van der Waals surface area contributed by atoms with Crippen molar-refractivity contribution in [1.29, 1.82) is 0 Å². The first-order valence-corrected chi connectivity index (χ1v) is 18.0. The maximum absolute atomic E-state index is 4.96. The summed E-state index contributed by atoms with van der Waals surface area (Å²) in [4.78, 5) is 9.93. The van der Waals surface area contributed by atoms with Crippen LogP contribution in [0.15, 0.2) is 131 Å². The first-order chi connectivity index (χ1) is 23.8. The van der Waals surface area contributed by atoms with Gasteiger partial charge >= 0.3 is 49.4 Å². The van der Waals surface area contributed by atoms with E-state index in [1.54, 1.807) is 0 Å². The zero-order chi connectivity index (χ0) is 36.8. The minimum absolute atomic E-state index is 0. The number of nitrogens with zero attached hydrogens (tertiary/aromatic N) is 4. The molecular weight excluding hydrogens is 760 g/mol. The van der Waals surface area contributed by atoms with E-state index in [9.17, 15) is 0 Å². The Balaban J connectivity index is 0.000000347. The van der Waals surface area contributed by atoms with Crippen molar-refractivity contribution in [3.05, 3.63) is 153 Å². The quantitative estimate of drug-likeness (QED) is 0.128. The summed E-state index contributed by atoms with van der Waals surface area (Å²) in [6, 6.07) is 33.1. The predicted molar refractivity (Wildman–Crippen MR) is 221 cm³/mol. The van der Waals surface area contributed by atoms with Gasteiger partial charge in [0, 0.05) is 11.4 Å². The van der Waals surface area contributed by atoms with Crippen LogP contribution < -0.4 is 0 Å². The maximum atomic E-state index is 4.96. The molecule has 0 unspecified atom stereocenters. The molecule has 269 valence electrons. The van der Waals surface area contributed by atoms with E-state index in [4.69, 9.17) is 9.98 Å². The fraction of sp³-hybridized carbons (Fsp3) is 0.348. The second-order valence-corrected chi connectivity index (χ2v) is 14.2. The van der Waals surface area contributed by atoms with Crippen LogP contribution in [0.2, 0.25) is 0 Å². The number of hydrogen-bond donors (Lipinski definition) is 0. The number of benzene rings is 4. The average Bonchev–Trinajstić information content (AvgIpc) is 3.05. The number of aliphatic imine (C=N–C) groups is 2. The summed E-state index contributed by atoms with van der Waals surface area (Å²) in [6.45, 7) is 25.9. The smallest absolute Gasteiger partial charge is 0.661 e. The Hall–Kier alpha value is -3.12. The number of hydrogen-bond acceptors (Lipinski definition) is 2. The van der Waals surface area contributed by atoms with E-state index in [-0.39, 0.29) is 49.4 Å². The molecule has 0 bridgehead atoms. The average molecular weight is 819 g/mol. The van der Waals surface area contributed by atoms with Crippen LogP contribution in [0.25, 0.3) is 10.6 Å². The van der Waals surface area contributed by atoms with Crippen LogP contribution in [0.1, 0.15) is 129 Å². The Bertz CT molecular complexity index is 1590. The molecule has 0 atom stereocenters. The van der Waals surface area contributed by atoms with Crippen molar-refractivity contribution in [1.82, 2.24) is 0 Å².